The van der Waals surface area contributed by atoms with E-state index in [1.54, 1.807) is 31.2 Å². The summed E-state index contributed by atoms with van der Waals surface area (Å²) in [6.45, 7) is 5.04. The topological polar surface area (TPSA) is 118 Å². The second kappa shape index (κ2) is 13.2. The van der Waals surface area contributed by atoms with Crippen molar-refractivity contribution in [1.29, 1.82) is 0 Å². The maximum absolute atomic E-state index is 13.4. The first-order valence-corrected chi connectivity index (χ1v) is 13.9. The first-order chi connectivity index (χ1) is 20.4. The molecule has 0 radical (unpaired) electrons. The minimum Gasteiger partial charge on any atom is -0.490 e. The van der Waals surface area contributed by atoms with Crippen LogP contribution in [0.5, 0.6) is 11.5 Å². The van der Waals surface area contributed by atoms with Crippen molar-refractivity contribution in [3.05, 3.63) is 93.1 Å². The quantitative estimate of drug-likeness (QED) is 0.210. The molecule has 1 atom stereocenters. The molecule has 0 fully saturated rings. The molecule has 0 saturated heterocycles. The number of nitrogens with one attached hydrogen (secondary N) is 4. The number of anilines is 2. The fourth-order valence-electron chi connectivity index (χ4n) is 4.40. The van der Waals surface area contributed by atoms with Crippen LogP contribution in [-0.2, 0) is 15.8 Å². The van der Waals surface area contributed by atoms with E-state index in [1.165, 1.54) is 19.1 Å². The van der Waals surface area contributed by atoms with Gasteiger partial charge >= 0.3 is 12.2 Å². The molecule has 1 heterocycles. The normalized spacial score (nSPS) is 14.9. The maximum atomic E-state index is 13.4. The van der Waals surface area contributed by atoms with Gasteiger partial charge in [0.05, 0.1) is 23.8 Å². The summed E-state index contributed by atoms with van der Waals surface area (Å²) in [4.78, 5) is 38.4. The molecular weight excluding hydrogens is 633 g/mol. The van der Waals surface area contributed by atoms with Gasteiger partial charge in [0, 0.05) is 21.5 Å². The van der Waals surface area contributed by atoms with Crippen LogP contribution < -0.4 is 30.7 Å². The monoisotopic (exact) mass is 660 g/mol. The first kappa shape index (κ1) is 31.4. The number of carbonyl (C=O) groups excluding carboxylic acids is 3. The fourth-order valence-corrected chi connectivity index (χ4v) is 4.95. The Morgan fingerprint density at radius 3 is 2.40 bits per heavy atom. The molecule has 0 spiro atoms. The lowest BCUT2D eigenvalue weighted by Gasteiger charge is -2.30. The van der Waals surface area contributed by atoms with Gasteiger partial charge < -0.3 is 30.7 Å². The van der Waals surface area contributed by atoms with E-state index in [1.807, 2.05) is 19.1 Å². The third kappa shape index (κ3) is 7.66. The number of ether oxygens (including phenoxy) is 2. The lowest BCUT2D eigenvalue weighted by molar-refractivity contribution is -0.137. The van der Waals surface area contributed by atoms with Crippen LogP contribution in [0.15, 0.2) is 76.4 Å². The second-order valence-corrected chi connectivity index (χ2v) is 10.4. The molecule has 3 aromatic rings. The molecule has 4 amide bonds. The molecule has 3 aromatic carbocycles. The maximum Gasteiger partial charge on any atom is 0.416 e. The minimum absolute atomic E-state index is 0.0615. The van der Waals surface area contributed by atoms with Crippen molar-refractivity contribution in [1.82, 2.24) is 10.6 Å². The van der Waals surface area contributed by atoms with Gasteiger partial charge in [0.2, 0.25) is 0 Å². The largest absolute Gasteiger partial charge is 0.490 e. The standard InChI is InChI=1S/C30H28BrF3N4O5/c1-4-42-23-13-20(21(31)14-24(23)43-15-25(39)37-22-11-6-5-8-16(22)2)27-26(17(3)35-29(41)38-27)28(40)36-19-10-7-9-18(12-19)30(32,33)34/h5-14,27H,4,15H2,1-3H3,(H,36,40)(H,37,39)(H2,35,38,41). The molecule has 226 valence electrons. The van der Waals surface area contributed by atoms with Crippen molar-refractivity contribution >= 4 is 45.2 Å². The molecule has 0 saturated carbocycles. The molecule has 43 heavy (non-hydrogen) atoms. The summed E-state index contributed by atoms with van der Waals surface area (Å²) >= 11 is 3.47. The Morgan fingerprint density at radius 1 is 0.977 bits per heavy atom. The zero-order chi connectivity index (χ0) is 31.3. The van der Waals surface area contributed by atoms with Crippen LogP contribution >= 0.6 is 15.9 Å². The van der Waals surface area contributed by atoms with Crippen molar-refractivity contribution in [2.24, 2.45) is 0 Å². The first-order valence-electron chi connectivity index (χ1n) is 13.1. The van der Waals surface area contributed by atoms with Gasteiger partial charge in [-0.3, -0.25) is 9.59 Å². The molecule has 1 aliphatic rings. The average Bonchev–Trinajstić information content (AvgIpc) is 2.93. The SMILES string of the molecule is CCOc1cc(C2NC(=O)NC(C)=C2C(=O)Nc2cccc(C(F)(F)F)c2)c(Br)cc1OCC(=O)Nc1ccccc1C. The Bertz CT molecular complexity index is 1590. The Labute approximate surface area is 254 Å². The Hall–Kier alpha value is -4.52. The zero-order valence-corrected chi connectivity index (χ0v) is 24.9. The summed E-state index contributed by atoms with van der Waals surface area (Å²) in [6.07, 6.45) is -4.59. The number of hydrogen-bond acceptors (Lipinski definition) is 5. The number of aryl methyl sites for hydroxylation is 1. The minimum atomic E-state index is -4.59. The number of alkyl halides is 3. The number of carbonyl (C=O) groups is 3. The van der Waals surface area contributed by atoms with Crippen LogP contribution in [0.4, 0.5) is 29.3 Å². The third-order valence-corrected chi connectivity index (χ3v) is 7.10. The fraction of sp³-hybridized carbons (Fsp3) is 0.233. The smallest absolute Gasteiger partial charge is 0.416 e. The van der Waals surface area contributed by atoms with Gasteiger partial charge in [0.25, 0.3) is 11.8 Å². The highest BCUT2D eigenvalue weighted by molar-refractivity contribution is 9.10. The summed E-state index contributed by atoms with van der Waals surface area (Å²) in [5, 5.41) is 10.5. The van der Waals surface area contributed by atoms with Gasteiger partial charge in [-0.1, -0.05) is 40.2 Å². The van der Waals surface area contributed by atoms with Crippen LogP contribution in [0.25, 0.3) is 0 Å². The van der Waals surface area contributed by atoms with E-state index in [0.29, 0.717) is 15.7 Å². The molecule has 0 bridgehead atoms. The van der Waals surface area contributed by atoms with Gasteiger partial charge in [-0.15, -0.1) is 0 Å². The van der Waals surface area contributed by atoms with Crippen molar-refractivity contribution in [2.75, 3.05) is 23.8 Å². The van der Waals surface area contributed by atoms with Gasteiger partial charge in [0.15, 0.2) is 18.1 Å². The molecule has 9 nitrogen and oxygen atoms in total. The molecule has 4 N–H and O–H groups in total. The van der Waals surface area contributed by atoms with Crippen molar-refractivity contribution in [3.8, 4) is 11.5 Å². The van der Waals surface area contributed by atoms with Crippen LogP contribution in [0.1, 0.15) is 36.6 Å². The van der Waals surface area contributed by atoms with E-state index in [2.05, 4.69) is 37.2 Å². The van der Waals surface area contributed by atoms with E-state index in [-0.39, 0.29) is 41.7 Å². The number of halogens is 4. The van der Waals surface area contributed by atoms with Gasteiger partial charge in [0.1, 0.15) is 0 Å². The summed E-state index contributed by atoms with van der Waals surface area (Å²) < 4.78 is 51.6. The number of benzene rings is 3. The lowest BCUT2D eigenvalue weighted by Crippen LogP contribution is -2.46. The van der Waals surface area contributed by atoms with Crippen molar-refractivity contribution in [2.45, 2.75) is 33.0 Å². The molecule has 0 aromatic heterocycles. The summed E-state index contributed by atoms with van der Waals surface area (Å²) in [5.41, 5.74) is 1.22. The van der Waals surface area contributed by atoms with E-state index in [9.17, 15) is 27.6 Å². The van der Waals surface area contributed by atoms with Crippen molar-refractivity contribution < 1.29 is 37.0 Å². The Kier molecular flexibility index (Phi) is 9.64. The predicted octanol–water partition coefficient (Wildman–Crippen LogP) is 6.46. The van der Waals surface area contributed by atoms with Gasteiger partial charge in [-0.2, -0.15) is 13.2 Å². The average molecular weight is 661 g/mol. The van der Waals surface area contributed by atoms with Crippen LogP contribution in [0, 0.1) is 6.92 Å². The summed E-state index contributed by atoms with van der Waals surface area (Å²) in [6, 6.07) is 13.0. The predicted molar refractivity (Wildman–Crippen MR) is 158 cm³/mol. The third-order valence-electron chi connectivity index (χ3n) is 6.41. The number of para-hydroxylation sites is 1. The molecule has 1 aliphatic heterocycles. The van der Waals surface area contributed by atoms with E-state index >= 15 is 0 Å². The number of allylic oxidation sites excluding steroid dienone is 1. The number of hydrogen-bond donors (Lipinski definition) is 4. The van der Waals surface area contributed by atoms with E-state index in [4.69, 9.17) is 9.47 Å². The molecule has 1 unspecified atom stereocenters. The Morgan fingerprint density at radius 2 is 1.70 bits per heavy atom. The molecule has 4 rings (SSSR count). The number of rotatable bonds is 9. The highest BCUT2D eigenvalue weighted by Gasteiger charge is 2.34. The summed E-state index contributed by atoms with van der Waals surface area (Å²) in [5.74, 6) is -0.650. The molecular formula is C30H28BrF3N4O5. The Balaban J connectivity index is 1.60. The van der Waals surface area contributed by atoms with Crippen LogP contribution in [-0.4, -0.2) is 31.1 Å². The van der Waals surface area contributed by atoms with Gasteiger partial charge in [-0.05, 0) is 68.3 Å². The zero-order valence-electron chi connectivity index (χ0n) is 23.3. The van der Waals surface area contributed by atoms with Crippen LogP contribution in [0.3, 0.4) is 0 Å². The lowest BCUT2D eigenvalue weighted by atomic mass is 9.94. The number of urea groups is 1. The molecule has 13 heteroatoms. The van der Waals surface area contributed by atoms with E-state index < -0.39 is 35.6 Å². The highest BCUT2D eigenvalue weighted by atomic mass is 79.9. The summed E-state index contributed by atoms with van der Waals surface area (Å²) in [7, 11) is 0. The number of amides is 4. The molecule has 0 aliphatic carbocycles. The van der Waals surface area contributed by atoms with Crippen molar-refractivity contribution in [3.63, 3.8) is 0 Å². The van der Waals surface area contributed by atoms with Crippen LogP contribution in [0.2, 0.25) is 0 Å². The second-order valence-electron chi connectivity index (χ2n) is 9.51. The van der Waals surface area contributed by atoms with Gasteiger partial charge in [-0.25, -0.2) is 4.79 Å². The highest BCUT2D eigenvalue weighted by Crippen LogP contribution is 2.40. The van der Waals surface area contributed by atoms with E-state index in [0.717, 1.165) is 17.7 Å².